The Balaban J connectivity index is 1.69. The normalized spacial score (nSPS) is 57.4. The lowest BCUT2D eigenvalue weighted by molar-refractivity contribution is 0.111. The predicted octanol–water partition coefficient (Wildman–Crippen LogP) is 2.18. The molecule has 0 heterocycles. The third-order valence-electron chi connectivity index (χ3n) is 6.24. The van der Waals surface area contributed by atoms with Crippen LogP contribution in [0.1, 0.15) is 19.3 Å². The summed E-state index contributed by atoms with van der Waals surface area (Å²) in [6.45, 7) is 0.757. The van der Waals surface area contributed by atoms with E-state index in [9.17, 15) is 5.26 Å². The Bertz CT molecular complexity index is 408. The van der Waals surface area contributed by atoms with Gasteiger partial charge in [-0.2, -0.15) is 5.26 Å². The smallest absolute Gasteiger partial charge is 0.0661 e. The molecule has 17 heavy (non-hydrogen) atoms. The molecule has 0 spiro atoms. The first kappa shape index (κ1) is 10.1. The second-order valence-electron chi connectivity index (χ2n) is 6.56. The molecule has 8 unspecified atom stereocenters. The van der Waals surface area contributed by atoms with Crippen molar-refractivity contribution < 1.29 is 0 Å². The van der Waals surface area contributed by atoms with E-state index in [1.165, 1.54) is 12.8 Å². The Hall–Kier alpha value is -0.810. The molecule has 90 valence electrons. The molecule has 4 rings (SSSR count). The number of hydrogen-bond acceptors (Lipinski definition) is 2. The van der Waals surface area contributed by atoms with E-state index in [0.29, 0.717) is 17.8 Å². The van der Waals surface area contributed by atoms with Crippen molar-refractivity contribution in [3.63, 3.8) is 0 Å². The maximum absolute atomic E-state index is 9.47. The highest BCUT2D eigenvalue weighted by molar-refractivity contribution is 5.23. The highest BCUT2D eigenvalue weighted by Gasteiger charge is 2.64. The van der Waals surface area contributed by atoms with Crippen LogP contribution in [0.2, 0.25) is 0 Å². The van der Waals surface area contributed by atoms with E-state index in [-0.39, 0.29) is 0 Å². The van der Waals surface area contributed by atoms with Crippen LogP contribution in [0.5, 0.6) is 0 Å². The monoisotopic (exact) mass is 228 g/mol. The molecule has 2 heteroatoms. The number of nitrogens with zero attached hydrogens (tertiary/aromatic N) is 1. The van der Waals surface area contributed by atoms with Gasteiger partial charge in [-0.15, -0.1) is 0 Å². The van der Waals surface area contributed by atoms with E-state index < -0.39 is 0 Å². The molecule has 0 aromatic carbocycles. The Kier molecular flexibility index (Phi) is 2.00. The maximum atomic E-state index is 9.47. The summed E-state index contributed by atoms with van der Waals surface area (Å²) in [7, 11) is 0. The molecule has 0 aromatic rings. The fourth-order valence-electron chi connectivity index (χ4n) is 5.94. The molecule has 0 saturated heterocycles. The summed E-state index contributed by atoms with van der Waals surface area (Å²) >= 11 is 0. The van der Waals surface area contributed by atoms with Crippen molar-refractivity contribution >= 4 is 0 Å². The molecule has 3 fully saturated rings. The highest BCUT2D eigenvalue weighted by atomic mass is 14.7. The van der Waals surface area contributed by atoms with E-state index >= 15 is 0 Å². The van der Waals surface area contributed by atoms with Gasteiger partial charge in [0.25, 0.3) is 0 Å². The molecule has 3 saturated carbocycles. The molecule has 2 N–H and O–H groups in total. The van der Waals surface area contributed by atoms with E-state index in [4.69, 9.17) is 5.73 Å². The second-order valence-corrected chi connectivity index (χ2v) is 6.56. The van der Waals surface area contributed by atoms with Crippen molar-refractivity contribution in [3.8, 4) is 6.07 Å². The largest absolute Gasteiger partial charge is 0.330 e. The van der Waals surface area contributed by atoms with Crippen LogP contribution in [-0.4, -0.2) is 6.54 Å². The first-order valence-electron chi connectivity index (χ1n) is 7.13. The SMILES string of the molecule is N#CC1C(CCN)C2CC1C1C3C=CC(C3)C21. The summed E-state index contributed by atoms with van der Waals surface area (Å²) in [4.78, 5) is 0. The van der Waals surface area contributed by atoms with E-state index in [1.807, 2.05) is 0 Å². The third kappa shape index (κ3) is 1.09. The van der Waals surface area contributed by atoms with Gasteiger partial charge in [-0.25, -0.2) is 0 Å². The Labute approximate surface area is 103 Å². The van der Waals surface area contributed by atoms with Gasteiger partial charge in [-0.1, -0.05) is 12.2 Å². The van der Waals surface area contributed by atoms with Gasteiger partial charge >= 0.3 is 0 Å². The quantitative estimate of drug-likeness (QED) is 0.581. The molecule has 4 aliphatic carbocycles. The fraction of sp³-hybridized carbons (Fsp3) is 0.800. The van der Waals surface area contributed by atoms with Gasteiger partial charge in [0.15, 0.2) is 0 Å². The number of rotatable bonds is 2. The van der Waals surface area contributed by atoms with Crippen molar-refractivity contribution in [1.82, 2.24) is 0 Å². The van der Waals surface area contributed by atoms with Gasteiger partial charge in [-0.05, 0) is 67.2 Å². The van der Waals surface area contributed by atoms with Gasteiger partial charge in [0.1, 0.15) is 0 Å². The highest BCUT2D eigenvalue weighted by Crippen LogP contribution is 2.68. The molecule has 0 aromatic heterocycles. The van der Waals surface area contributed by atoms with Crippen molar-refractivity contribution in [2.24, 2.45) is 53.1 Å². The van der Waals surface area contributed by atoms with Crippen LogP contribution in [0, 0.1) is 58.7 Å². The van der Waals surface area contributed by atoms with Crippen LogP contribution in [-0.2, 0) is 0 Å². The standard InChI is InChI=1S/C15H20N2/c16-4-3-10-11-6-12(13(10)7-17)15-9-2-1-8(5-9)14(11)15/h1-2,8-15H,3-6,16H2. The molecular formula is C15H20N2. The van der Waals surface area contributed by atoms with Gasteiger partial charge in [0, 0.05) is 0 Å². The molecule has 8 atom stereocenters. The van der Waals surface area contributed by atoms with Crippen LogP contribution in [0.4, 0.5) is 0 Å². The van der Waals surface area contributed by atoms with Crippen molar-refractivity contribution in [3.05, 3.63) is 12.2 Å². The minimum Gasteiger partial charge on any atom is -0.330 e. The van der Waals surface area contributed by atoms with Crippen molar-refractivity contribution in [2.75, 3.05) is 6.54 Å². The van der Waals surface area contributed by atoms with Crippen LogP contribution in [0.25, 0.3) is 0 Å². The minimum atomic E-state index is 0.317. The first-order valence-corrected chi connectivity index (χ1v) is 7.13. The molecule has 0 aliphatic heterocycles. The molecule has 0 amide bonds. The molecule has 2 nitrogen and oxygen atoms in total. The molecule has 0 radical (unpaired) electrons. The molecular weight excluding hydrogens is 208 g/mol. The van der Waals surface area contributed by atoms with Gasteiger partial charge in [0.05, 0.1) is 12.0 Å². The lowest BCUT2D eigenvalue weighted by Crippen LogP contribution is -2.37. The zero-order valence-electron chi connectivity index (χ0n) is 10.1. The lowest BCUT2D eigenvalue weighted by Gasteiger charge is -2.39. The zero-order chi connectivity index (χ0) is 11.6. The lowest BCUT2D eigenvalue weighted by atomic mass is 9.64. The molecule has 4 aliphatic rings. The summed E-state index contributed by atoms with van der Waals surface area (Å²) in [5.41, 5.74) is 5.75. The average Bonchev–Trinajstić information content (AvgIpc) is 3.06. The van der Waals surface area contributed by atoms with Crippen LogP contribution < -0.4 is 5.73 Å². The summed E-state index contributed by atoms with van der Waals surface area (Å²) in [5.74, 6) is 5.88. The first-order chi connectivity index (χ1) is 8.35. The van der Waals surface area contributed by atoms with Crippen molar-refractivity contribution in [2.45, 2.75) is 19.3 Å². The van der Waals surface area contributed by atoms with E-state index in [2.05, 4.69) is 18.2 Å². The summed E-state index contributed by atoms with van der Waals surface area (Å²) in [5, 5.41) is 9.47. The number of fused-ring (bicyclic) bond motifs is 9. The summed E-state index contributed by atoms with van der Waals surface area (Å²) in [6, 6.07) is 2.62. The predicted molar refractivity (Wildman–Crippen MR) is 65.6 cm³/mol. The Morgan fingerprint density at radius 1 is 1.12 bits per heavy atom. The third-order valence-corrected chi connectivity index (χ3v) is 6.24. The molecule has 4 bridgehead atoms. The average molecular weight is 228 g/mol. The Morgan fingerprint density at radius 3 is 2.47 bits per heavy atom. The topological polar surface area (TPSA) is 49.8 Å². The summed E-state index contributed by atoms with van der Waals surface area (Å²) < 4.78 is 0. The van der Waals surface area contributed by atoms with Crippen LogP contribution in [0.15, 0.2) is 12.2 Å². The van der Waals surface area contributed by atoms with E-state index in [0.717, 1.165) is 42.6 Å². The summed E-state index contributed by atoms with van der Waals surface area (Å²) in [6.07, 6.45) is 8.69. The van der Waals surface area contributed by atoms with Gasteiger partial charge < -0.3 is 5.73 Å². The van der Waals surface area contributed by atoms with Crippen molar-refractivity contribution in [1.29, 1.82) is 5.26 Å². The Morgan fingerprint density at radius 2 is 1.82 bits per heavy atom. The van der Waals surface area contributed by atoms with Gasteiger partial charge in [-0.3, -0.25) is 0 Å². The zero-order valence-corrected chi connectivity index (χ0v) is 10.1. The minimum absolute atomic E-state index is 0.317. The maximum Gasteiger partial charge on any atom is 0.0661 e. The number of allylic oxidation sites excluding steroid dienone is 2. The number of nitriles is 1. The van der Waals surface area contributed by atoms with Crippen LogP contribution in [0.3, 0.4) is 0 Å². The fourth-order valence-corrected chi connectivity index (χ4v) is 5.94. The van der Waals surface area contributed by atoms with Crippen LogP contribution >= 0.6 is 0 Å². The second kappa shape index (κ2) is 3.36. The van der Waals surface area contributed by atoms with Gasteiger partial charge in [0.2, 0.25) is 0 Å². The van der Waals surface area contributed by atoms with E-state index in [1.54, 1.807) is 0 Å². The number of nitrogens with two attached hydrogens (primary N) is 1. The number of hydrogen-bond donors (Lipinski definition) is 1.